The molecule has 34 heavy (non-hydrogen) atoms. The van der Waals surface area contributed by atoms with Crippen LogP contribution in [0.25, 0.3) is 11.7 Å². The molecule has 2 fully saturated rings. The fourth-order valence-corrected chi connectivity index (χ4v) is 5.48. The van der Waals surface area contributed by atoms with E-state index in [4.69, 9.17) is 21.9 Å². The minimum Gasteiger partial charge on any atom is -0.466 e. The molecular formula is C24H28N4O4S2. The van der Waals surface area contributed by atoms with Gasteiger partial charge in [-0.2, -0.15) is 0 Å². The third kappa shape index (κ3) is 4.88. The van der Waals surface area contributed by atoms with E-state index in [-0.39, 0.29) is 23.4 Å². The zero-order chi connectivity index (χ0) is 24.2. The van der Waals surface area contributed by atoms with E-state index < -0.39 is 0 Å². The second-order valence-electron chi connectivity index (χ2n) is 8.28. The molecule has 0 spiro atoms. The Morgan fingerprint density at radius 1 is 1.26 bits per heavy atom. The van der Waals surface area contributed by atoms with Crippen molar-refractivity contribution < 1.29 is 14.3 Å². The van der Waals surface area contributed by atoms with E-state index >= 15 is 0 Å². The predicted octanol–water partition coefficient (Wildman–Crippen LogP) is 3.48. The monoisotopic (exact) mass is 500 g/mol. The molecule has 2 aromatic rings. The van der Waals surface area contributed by atoms with Crippen LogP contribution in [0.1, 0.15) is 45.1 Å². The molecule has 1 amide bonds. The highest BCUT2D eigenvalue weighted by Gasteiger charge is 2.33. The van der Waals surface area contributed by atoms with Crippen LogP contribution in [0.2, 0.25) is 0 Å². The lowest BCUT2D eigenvalue weighted by molar-refractivity contribution is -0.148. The van der Waals surface area contributed by atoms with Crippen LogP contribution in [0.15, 0.2) is 34.1 Å². The van der Waals surface area contributed by atoms with Gasteiger partial charge in [-0.3, -0.25) is 23.7 Å². The van der Waals surface area contributed by atoms with Crippen LogP contribution in [-0.4, -0.2) is 56.7 Å². The summed E-state index contributed by atoms with van der Waals surface area (Å²) in [6.45, 7) is 5.93. The molecule has 180 valence electrons. The molecule has 0 aliphatic carbocycles. The van der Waals surface area contributed by atoms with Gasteiger partial charge >= 0.3 is 5.97 Å². The smallest absolute Gasteiger partial charge is 0.309 e. The van der Waals surface area contributed by atoms with Gasteiger partial charge in [0.1, 0.15) is 15.8 Å². The zero-order valence-electron chi connectivity index (χ0n) is 19.4. The summed E-state index contributed by atoms with van der Waals surface area (Å²) < 4.78 is 7.17. The fourth-order valence-electron chi connectivity index (χ4n) is 4.19. The molecular weight excluding hydrogens is 472 g/mol. The summed E-state index contributed by atoms with van der Waals surface area (Å²) in [5, 5.41) is 0. The lowest BCUT2D eigenvalue weighted by Crippen LogP contribution is -2.39. The summed E-state index contributed by atoms with van der Waals surface area (Å²) in [5.41, 5.74) is 0.642. The molecule has 0 saturated carbocycles. The number of ether oxygens (including phenoxy) is 1. The van der Waals surface area contributed by atoms with Gasteiger partial charge in [-0.15, -0.1) is 0 Å². The highest BCUT2D eigenvalue weighted by atomic mass is 32.2. The van der Waals surface area contributed by atoms with Gasteiger partial charge in [-0.05, 0) is 44.4 Å². The lowest BCUT2D eigenvalue weighted by atomic mass is 9.96. The van der Waals surface area contributed by atoms with Gasteiger partial charge in [-0.1, -0.05) is 43.4 Å². The number of carbonyl (C=O) groups is 2. The summed E-state index contributed by atoms with van der Waals surface area (Å²) in [7, 11) is 0. The quantitative estimate of drug-likeness (QED) is 0.325. The number of piperidine rings is 1. The van der Waals surface area contributed by atoms with Gasteiger partial charge < -0.3 is 9.64 Å². The lowest BCUT2D eigenvalue weighted by Gasteiger charge is -2.32. The van der Waals surface area contributed by atoms with Crippen molar-refractivity contribution in [2.24, 2.45) is 5.92 Å². The Balaban J connectivity index is 1.70. The van der Waals surface area contributed by atoms with Crippen LogP contribution in [0.3, 0.4) is 0 Å². The topological polar surface area (TPSA) is 84.2 Å². The van der Waals surface area contributed by atoms with E-state index in [2.05, 4.69) is 6.92 Å². The number of unbranched alkanes of at least 4 members (excludes halogenated alkanes) is 1. The van der Waals surface area contributed by atoms with Gasteiger partial charge in [0.2, 0.25) is 0 Å². The second kappa shape index (κ2) is 10.7. The first-order chi connectivity index (χ1) is 16.4. The van der Waals surface area contributed by atoms with Gasteiger partial charge in [0.05, 0.1) is 23.0 Å². The summed E-state index contributed by atoms with van der Waals surface area (Å²) >= 11 is 6.64. The molecule has 2 aromatic heterocycles. The molecule has 10 heteroatoms. The van der Waals surface area contributed by atoms with E-state index in [0.29, 0.717) is 65.3 Å². The molecule has 0 atom stereocenters. The summed E-state index contributed by atoms with van der Waals surface area (Å²) in [6, 6.07) is 5.38. The Hall–Kier alpha value is -2.72. The molecule has 0 radical (unpaired) electrons. The van der Waals surface area contributed by atoms with Gasteiger partial charge in [0.15, 0.2) is 0 Å². The van der Waals surface area contributed by atoms with Crippen molar-refractivity contribution in [3.8, 4) is 0 Å². The number of fused-ring (bicyclic) bond motifs is 1. The number of rotatable bonds is 7. The number of hydrogen-bond donors (Lipinski definition) is 0. The Morgan fingerprint density at radius 2 is 2.03 bits per heavy atom. The second-order valence-corrected chi connectivity index (χ2v) is 9.96. The molecule has 2 aliphatic heterocycles. The highest BCUT2D eigenvalue weighted by molar-refractivity contribution is 8.26. The Morgan fingerprint density at radius 3 is 2.74 bits per heavy atom. The van der Waals surface area contributed by atoms with Crippen LogP contribution < -0.4 is 10.5 Å². The van der Waals surface area contributed by atoms with Crippen molar-refractivity contribution in [2.75, 3.05) is 31.1 Å². The maximum absolute atomic E-state index is 13.5. The minimum absolute atomic E-state index is 0.156. The van der Waals surface area contributed by atoms with Crippen molar-refractivity contribution in [1.29, 1.82) is 0 Å². The molecule has 2 aliphatic rings. The fraction of sp³-hybridized carbons (Fsp3) is 0.458. The summed E-state index contributed by atoms with van der Waals surface area (Å²) in [5.74, 6) is 0.0194. The number of hydrogen-bond acceptors (Lipinski definition) is 8. The summed E-state index contributed by atoms with van der Waals surface area (Å²) in [4.78, 5) is 47.5. The zero-order valence-corrected chi connectivity index (χ0v) is 21.0. The third-order valence-corrected chi connectivity index (χ3v) is 7.43. The normalized spacial score (nSPS) is 18.4. The Bertz CT molecular complexity index is 1200. The summed E-state index contributed by atoms with van der Waals surface area (Å²) in [6.07, 6.45) is 6.36. The number of thioether (sulfide) groups is 1. The van der Waals surface area contributed by atoms with E-state index in [1.54, 1.807) is 36.2 Å². The number of anilines is 1. The van der Waals surface area contributed by atoms with Crippen LogP contribution in [0.4, 0.5) is 5.82 Å². The first-order valence-electron chi connectivity index (χ1n) is 11.6. The maximum atomic E-state index is 13.5. The van der Waals surface area contributed by atoms with Gasteiger partial charge in [-0.25, -0.2) is 4.98 Å². The maximum Gasteiger partial charge on any atom is 0.309 e. The third-order valence-electron chi connectivity index (χ3n) is 6.05. The average molecular weight is 501 g/mol. The van der Waals surface area contributed by atoms with Crippen molar-refractivity contribution in [2.45, 2.75) is 39.5 Å². The van der Waals surface area contributed by atoms with Crippen LogP contribution >= 0.6 is 24.0 Å². The number of pyridine rings is 1. The number of nitrogens with zero attached hydrogens (tertiary/aromatic N) is 4. The van der Waals surface area contributed by atoms with Gasteiger partial charge in [0.25, 0.3) is 11.5 Å². The molecule has 8 nitrogen and oxygen atoms in total. The first-order valence-corrected chi connectivity index (χ1v) is 12.8. The van der Waals surface area contributed by atoms with Crippen LogP contribution in [0, 0.1) is 5.92 Å². The standard InChI is InChI=1S/C24H28N4O4S2/c1-3-5-11-28-22(30)18(34-24(28)33)15-17-20(25-19-8-6-7-12-27(19)21(17)29)26-13-9-16(10-14-26)23(31)32-4-2/h6-8,12,15-16H,3-5,9-11,13-14H2,1-2H3. The molecule has 0 aromatic carbocycles. The molecule has 4 heterocycles. The van der Waals surface area contributed by atoms with Crippen molar-refractivity contribution in [3.63, 3.8) is 0 Å². The molecule has 2 saturated heterocycles. The largest absolute Gasteiger partial charge is 0.466 e. The molecule has 0 unspecified atom stereocenters. The van der Waals surface area contributed by atoms with Crippen molar-refractivity contribution in [1.82, 2.24) is 14.3 Å². The molecule has 0 bridgehead atoms. The van der Waals surface area contributed by atoms with E-state index in [1.807, 2.05) is 11.0 Å². The minimum atomic E-state index is -0.244. The van der Waals surface area contributed by atoms with E-state index in [0.717, 1.165) is 12.8 Å². The van der Waals surface area contributed by atoms with Crippen LogP contribution in [-0.2, 0) is 14.3 Å². The number of aromatic nitrogens is 2. The first kappa shape index (κ1) is 24.4. The van der Waals surface area contributed by atoms with Gasteiger partial charge in [0, 0.05) is 25.8 Å². The van der Waals surface area contributed by atoms with E-state index in [1.165, 1.54) is 16.2 Å². The van der Waals surface area contributed by atoms with Crippen LogP contribution in [0.5, 0.6) is 0 Å². The van der Waals surface area contributed by atoms with E-state index in [9.17, 15) is 14.4 Å². The predicted molar refractivity (Wildman–Crippen MR) is 138 cm³/mol. The number of amides is 1. The Kier molecular flexibility index (Phi) is 7.67. The van der Waals surface area contributed by atoms with Crippen molar-refractivity contribution in [3.05, 3.63) is 45.2 Å². The SMILES string of the molecule is CCCCN1C(=O)C(=Cc2c(N3CCC(C(=O)OCC)CC3)nc3ccccn3c2=O)SC1=S. The number of carbonyl (C=O) groups excluding carboxylic acids is 2. The van der Waals surface area contributed by atoms with Crippen molar-refractivity contribution >= 4 is 57.7 Å². The average Bonchev–Trinajstić information content (AvgIpc) is 3.11. The Labute approximate surface area is 208 Å². The number of thiocarbonyl (C=S) groups is 1. The number of esters is 1. The molecule has 4 rings (SSSR count). The highest BCUT2D eigenvalue weighted by Crippen LogP contribution is 2.34. The molecule has 0 N–H and O–H groups in total.